The summed E-state index contributed by atoms with van der Waals surface area (Å²) in [5, 5.41) is 11.0. The topological polar surface area (TPSA) is 36.9 Å². The second-order valence-electron chi connectivity index (χ2n) is 4.37. The molecular formula is C16H9Br2NO. The van der Waals surface area contributed by atoms with Gasteiger partial charge in [0.25, 0.3) is 0 Å². The van der Waals surface area contributed by atoms with Crippen LogP contribution in [0.5, 0.6) is 0 Å². The molecule has 0 spiro atoms. The van der Waals surface area contributed by atoms with Crippen LogP contribution in [0, 0.1) is 11.3 Å². The number of nitriles is 1. The third kappa shape index (κ3) is 2.17. The highest BCUT2D eigenvalue weighted by Crippen LogP contribution is 2.39. The monoisotopic (exact) mass is 389 g/mol. The van der Waals surface area contributed by atoms with E-state index in [9.17, 15) is 5.26 Å². The van der Waals surface area contributed by atoms with Crippen molar-refractivity contribution in [2.24, 2.45) is 0 Å². The van der Waals surface area contributed by atoms with Crippen molar-refractivity contribution in [2.75, 3.05) is 0 Å². The summed E-state index contributed by atoms with van der Waals surface area (Å²) in [5.74, 6) is 0.698. The van der Waals surface area contributed by atoms with Crippen LogP contribution in [0.15, 0.2) is 51.4 Å². The molecule has 1 heterocycles. The van der Waals surface area contributed by atoms with Gasteiger partial charge in [0.05, 0.1) is 16.1 Å². The van der Waals surface area contributed by atoms with Gasteiger partial charge in [0.2, 0.25) is 0 Å². The van der Waals surface area contributed by atoms with Gasteiger partial charge in [-0.05, 0) is 45.8 Å². The van der Waals surface area contributed by atoms with Crippen LogP contribution in [0.25, 0.3) is 22.3 Å². The quantitative estimate of drug-likeness (QED) is 0.531. The van der Waals surface area contributed by atoms with Crippen molar-refractivity contribution >= 4 is 42.8 Å². The number of furan rings is 1. The SMILES string of the molecule is N#Cc1ccccc1-c1oc2cc(CBr)ccc2c1Br. The molecule has 1 aromatic heterocycles. The van der Waals surface area contributed by atoms with Crippen LogP contribution in [0.3, 0.4) is 0 Å². The molecule has 0 bridgehead atoms. The van der Waals surface area contributed by atoms with Crippen LogP contribution in [-0.4, -0.2) is 0 Å². The maximum absolute atomic E-state index is 9.21. The molecule has 98 valence electrons. The van der Waals surface area contributed by atoms with Crippen molar-refractivity contribution in [3.8, 4) is 17.4 Å². The Hall–Kier alpha value is -1.57. The van der Waals surface area contributed by atoms with Gasteiger partial charge in [-0.25, -0.2) is 0 Å². The molecule has 0 amide bonds. The standard InChI is InChI=1S/C16H9Br2NO/c17-8-10-5-6-13-14(7-10)20-16(15(13)18)12-4-2-1-3-11(12)9-19/h1-7H,8H2. The Labute approximate surface area is 133 Å². The van der Waals surface area contributed by atoms with Crippen molar-refractivity contribution in [2.45, 2.75) is 5.33 Å². The molecule has 0 radical (unpaired) electrons. The fraction of sp³-hybridized carbons (Fsp3) is 0.0625. The Morgan fingerprint density at radius 3 is 2.70 bits per heavy atom. The van der Waals surface area contributed by atoms with Crippen LogP contribution < -0.4 is 0 Å². The number of nitrogens with zero attached hydrogens (tertiary/aromatic N) is 1. The molecular weight excluding hydrogens is 382 g/mol. The lowest BCUT2D eigenvalue weighted by Gasteiger charge is -2.00. The van der Waals surface area contributed by atoms with Crippen molar-refractivity contribution in [1.29, 1.82) is 5.26 Å². The van der Waals surface area contributed by atoms with Crippen LogP contribution in [0.1, 0.15) is 11.1 Å². The minimum absolute atomic E-state index is 0.605. The van der Waals surface area contributed by atoms with Crippen molar-refractivity contribution in [1.82, 2.24) is 0 Å². The lowest BCUT2D eigenvalue weighted by molar-refractivity contribution is 0.629. The highest BCUT2D eigenvalue weighted by Gasteiger charge is 2.16. The van der Waals surface area contributed by atoms with Gasteiger partial charge in [0.15, 0.2) is 5.76 Å². The molecule has 0 aliphatic carbocycles. The first kappa shape index (κ1) is 13.4. The molecule has 0 N–H and O–H groups in total. The summed E-state index contributed by atoms with van der Waals surface area (Å²) in [6.45, 7) is 0. The van der Waals surface area contributed by atoms with Gasteiger partial charge in [-0.3, -0.25) is 0 Å². The Kier molecular flexibility index (Phi) is 3.64. The predicted molar refractivity (Wildman–Crippen MR) is 86.7 cm³/mol. The summed E-state index contributed by atoms with van der Waals surface area (Å²) >= 11 is 7.02. The minimum atomic E-state index is 0.605. The molecule has 0 unspecified atom stereocenters. The summed E-state index contributed by atoms with van der Waals surface area (Å²) in [7, 11) is 0. The molecule has 0 aliphatic rings. The summed E-state index contributed by atoms with van der Waals surface area (Å²) in [6.07, 6.45) is 0. The molecule has 0 aliphatic heterocycles. The van der Waals surface area contributed by atoms with E-state index in [2.05, 4.69) is 44.0 Å². The van der Waals surface area contributed by atoms with E-state index in [-0.39, 0.29) is 0 Å². The van der Waals surface area contributed by atoms with E-state index in [0.29, 0.717) is 11.3 Å². The van der Waals surface area contributed by atoms with E-state index in [0.717, 1.165) is 31.9 Å². The number of benzene rings is 2. The highest BCUT2D eigenvalue weighted by atomic mass is 79.9. The average molecular weight is 391 g/mol. The van der Waals surface area contributed by atoms with E-state index < -0.39 is 0 Å². The second-order valence-corrected chi connectivity index (χ2v) is 5.72. The van der Waals surface area contributed by atoms with Crippen LogP contribution in [0.4, 0.5) is 0 Å². The van der Waals surface area contributed by atoms with Gasteiger partial charge in [-0.2, -0.15) is 5.26 Å². The predicted octanol–water partition coefficient (Wildman–Crippen LogP) is 5.63. The third-order valence-corrected chi connectivity index (χ3v) is 4.58. The van der Waals surface area contributed by atoms with Crippen molar-refractivity contribution in [3.05, 3.63) is 58.1 Å². The molecule has 4 heteroatoms. The molecule has 0 saturated carbocycles. The number of hydrogen-bond acceptors (Lipinski definition) is 2. The Morgan fingerprint density at radius 2 is 1.95 bits per heavy atom. The van der Waals surface area contributed by atoms with Crippen LogP contribution >= 0.6 is 31.9 Å². The van der Waals surface area contributed by atoms with Crippen LogP contribution in [-0.2, 0) is 5.33 Å². The summed E-state index contributed by atoms with van der Waals surface area (Å²) in [5.41, 5.74) is 3.38. The Bertz CT molecular complexity index is 830. The molecule has 20 heavy (non-hydrogen) atoms. The number of alkyl halides is 1. The smallest absolute Gasteiger partial charge is 0.150 e. The molecule has 0 atom stereocenters. The summed E-state index contributed by atoms with van der Waals surface area (Å²) in [6, 6.07) is 15.7. The van der Waals surface area contributed by atoms with E-state index in [4.69, 9.17) is 4.42 Å². The Balaban J connectivity index is 2.27. The normalized spacial score (nSPS) is 10.7. The number of rotatable bonds is 2. The van der Waals surface area contributed by atoms with E-state index in [1.54, 1.807) is 6.07 Å². The first-order chi connectivity index (χ1) is 9.74. The van der Waals surface area contributed by atoms with E-state index in [1.165, 1.54) is 0 Å². The van der Waals surface area contributed by atoms with Crippen molar-refractivity contribution in [3.63, 3.8) is 0 Å². The number of hydrogen-bond donors (Lipinski definition) is 0. The maximum atomic E-state index is 9.21. The van der Waals surface area contributed by atoms with Crippen LogP contribution in [0.2, 0.25) is 0 Å². The summed E-state index contributed by atoms with van der Waals surface area (Å²) < 4.78 is 6.84. The first-order valence-corrected chi connectivity index (χ1v) is 7.92. The van der Waals surface area contributed by atoms with E-state index >= 15 is 0 Å². The molecule has 0 fully saturated rings. The lowest BCUT2D eigenvalue weighted by Crippen LogP contribution is -1.81. The average Bonchev–Trinajstić information content (AvgIpc) is 2.83. The summed E-state index contributed by atoms with van der Waals surface area (Å²) in [4.78, 5) is 0. The number of halogens is 2. The molecule has 2 nitrogen and oxygen atoms in total. The minimum Gasteiger partial charge on any atom is -0.455 e. The second kappa shape index (κ2) is 5.43. The molecule has 0 saturated heterocycles. The van der Waals surface area contributed by atoms with E-state index in [1.807, 2.05) is 30.3 Å². The van der Waals surface area contributed by atoms with Gasteiger partial charge in [-0.15, -0.1) is 0 Å². The zero-order chi connectivity index (χ0) is 14.1. The molecule has 3 rings (SSSR count). The fourth-order valence-electron chi connectivity index (χ4n) is 2.14. The fourth-order valence-corrected chi connectivity index (χ4v) is 3.12. The number of fused-ring (bicyclic) bond motifs is 1. The van der Waals surface area contributed by atoms with Gasteiger partial charge >= 0.3 is 0 Å². The largest absolute Gasteiger partial charge is 0.455 e. The third-order valence-electron chi connectivity index (χ3n) is 3.14. The lowest BCUT2D eigenvalue weighted by atomic mass is 10.1. The Morgan fingerprint density at radius 1 is 1.15 bits per heavy atom. The molecule has 2 aromatic carbocycles. The van der Waals surface area contributed by atoms with Gasteiger partial charge in [0, 0.05) is 16.3 Å². The zero-order valence-corrected chi connectivity index (χ0v) is 13.5. The first-order valence-electron chi connectivity index (χ1n) is 6.01. The molecule has 3 aromatic rings. The van der Waals surface area contributed by atoms with Gasteiger partial charge in [0.1, 0.15) is 5.58 Å². The zero-order valence-electron chi connectivity index (χ0n) is 10.4. The highest BCUT2D eigenvalue weighted by molar-refractivity contribution is 9.10. The van der Waals surface area contributed by atoms with Gasteiger partial charge in [-0.1, -0.05) is 34.1 Å². The van der Waals surface area contributed by atoms with Gasteiger partial charge < -0.3 is 4.42 Å². The van der Waals surface area contributed by atoms with Crippen molar-refractivity contribution < 1.29 is 4.42 Å². The maximum Gasteiger partial charge on any atom is 0.150 e.